The lowest BCUT2D eigenvalue weighted by Gasteiger charge is -2.07. The molecule has 0 saturated carbocycles. The number of amides is 1. The third-order valence-electron chi connectivity index (χ3n) is 2.39. The first-order chi connectivity index (χ1) is 6.65. The van der Waals surface area contributed by atoms with E-state index in [0.717, 1.165) is 12.2 Å². The van der Waals surface area contributed by atoms with Gasteiger partial charge in [-0.05, 0) is 24.1 Å². The largest absolute Gasteiger partial charge is 0.489 e. The minimum absolute atomic E-state index is 0.0655. The molecule has 1 aromatic carbocycles. The van der Waals surface area contributed by atoms with E-state index < -0.39 is 0 Å². The van der Waals surface area contributed by atoms with Gasteiger partial charge in [0.2, 0.25) is 5.91 Å². The van der Waals surface area contributed by atoms with Crippen molar-refractivity contribution in [2.75, 3.05) is 0 Å². The van der Waals surface area contributed by atoms with E-state index in [1.807, 2.05) is 19.1 Å². The molecule has 0 bridgehead atoms. The summed E-state index contributed by atoms with van der Waals surface area (Å²) in [5.41, 5.74) is 7.46. The monoisotopic (exact) mass is 191 g/mol. The highest BCUT2D eigenvalue weighted by Crippen LogP contribution is 2.30. The van der Waals surface area contributed by atoms with Crippen molar-refractivity contribution in [1.82, 2.24) is 0 Å². The van der Waals surface area contributed by atoms with Gasteiger partial charge in [0.1, 0.15) is 11.9 Å². The fraction of sp³-hybridized carbons (Fsp3) is 0.364. The Morgan fingerprint density at radius 1 is 1.64 bits per heavy atom. The summed E-state index contributed by atoms with van der Waals surface area (Å²) in [6, 6.07) is 6.09. The Morgan fingerprint density at radius 2 is 2.43 bits per heavy atom. The van der Waals surface area contributed by atoms with Gasteiger partial charge in [-0.2, -0.15) is 0 Å². The second-order valence-electron chi connectivity index (χ2n) is 3.73. The first kappa shape index (κ1) is 9.06. The Hall–Kier alpha value is -1.51. The van der Waals surface area contributed by atoms with Gasteiger partial charge in [0.15, 0.2) is 0 Å². The summed E-state index contributed by atoms with van der Waals surface area (Å²) in [5.74, 6) is 0.593. The van der Waals surface area contributed by atoms with Gasteiger partial charge >= 0.3 is 0 Å². The molecular weight excluding hydrogens is 178 g/mol. The maximum atomic E-state index is 10.7. The number of carbonyl (C=O) groups excluding carboxylic acids is 1. The number of ether oxygens (including phenoxy) is 1. The molecule has 74 valence electrons. The van der Waals surface area contributed by atoms with E-state index in [1.165, 1.54) is 11.1 Å². The molecule has 0 aromatic heterocycles. The summed E-state index contributed by atoms with van der Waals surface area (Å²) in [6.45, 7) is 2.02. The van der Waals surface area contributed by atoms with Crippen LogP contribution >= 0.6 is 0 Å². The van der Waals surface area contributed by atoms with Gasteiger partial charge in [-0.15, -0.1) is 0 Å². The molecule has 2 N–H and O–H groups in total. The third-order valence-corrected chi connectivity index (χ3v) is 2.39. The molecule has 0 radical (unpaired) electrons. The molecule has 1 unspecified atom stereocenters. The lowest BCUT2D eigenvalue weighted by atomic mass is 10.1. The van der Waals surface area contributed by atoms with E-state index in [2.05, 4.69) is 6.07 Å². The summed E-state index contributed by atoms with van der Waals surface area (Å²) < 4.78 is 5.60. The molecule has 2 rings (SSSR count). The van der Waals surface area contributed by atoms with Crippen LogP contribution in [0.15, 0.2) is 18.2 Å². The lowest BCUT2D eigenvalue weighted by Crippen LogP contribution is -2.23. The highest BCUT2D eigenvalue weighted by Gasteiger charge is 2.23. The van der Waals surface area contributed by atoms with Crippen LogP contribution in [-0.4, -0.2) is 12.0 Å². The van der Waals surface area contributed by atoms with Crippen LogP contribution < -0.4 is 10.5 Å². The van der Waals surface area contributed by atoms with Crippen LogP contribution in [0.25, 0.3) is 0 Å². The fourth-order valence-corrected chi connectivity index (χ4v) is 1.74. The molecule has 1 heterocycles. The number of fused-ring (bicyclic) bond motifs is 1. The number of benzene rings is 1. The Morgan fingerprint density at radius 3 is 3.14 bits per heavy atom. The maximum Gasteiger partial charge on any atom is 0.221 e. The minimum atomic E-state index is -0.306. The quantitative estimate of drug-likeness (QED) is 0.763. The summed E-state index contributed by atoms with van der Waals surface area (Å²) in [5, 5.41) is 0. The van der Waals surface area contributed by atoms with Gasteiger partial charge in [-0.3, -0.25) is 4.79 Å². The molecule has 1 amide bonds. The number of aryl methyl sites for hydroxylation is 1. The normalized spacial score (nSPS) is 18.8. The van der Waals surface area contributed by atoms with Gasteiger partial charge < -0.3 is 10.5 Å². The predicted octanol–water partition coefficient (Wildman–Crippen LogP) is 1.17. The van der Waals surface area contributed by atoms with Crippen LogP contribution in [0.4, 0.5) is 0 Å². The van der Waals surface area contributed by atoms with E-state index in [1.54, 1.807) is 0 Å². The van der Waals surface area contributed by atoms with Crippen molar-refractivity contribution >= 4 is 5.91 Å². The molecule has 1 aromatic rings. The predicted molar refractivity (Wildman–Crippen MR) is 53.1 cm³/mol. The van der Waals surface area contributed by atoms with Crippen LogP contribution in [0.5, 0.6) is 5.75 Å². The number of nitrogens with two attached hydrogens (primary N) is 1. The molecule has 3 heteroatoms. The SMILES string of the molecule is Cc1ccc2c(c1)OC(CC(N)=O)C2. The second kappa shape index (κ2) is 3.33. The van der Waals surface area contributed by atoms with Gasteiger partial charge in [0, 0.05) is 6.42 Å². The summed E-state index contributed by atoms with van der Waals surface area (Å²) in [6.07, 6.45) is 1.02. The van der Waals surface area contributed by atoms with E-state index in [-0.39, 0.29) is 12.0 Å². The Bertz CT molecular complexity index is 374. The molecule has 1 aliphatic rings. The second-order valence-corrected chi connectivity index (χ2v) is 3.73. The lowest BCUT2D eigenvalue weighted by molar-refractivity contribution is -0.119. The summed E-state index contributed by atoms with van der Waals surface area (Å²) >= 11 is 0. The minimum Gasteiger partial charge on any atom is -0.489 e. The number of rotatable bonds is 2. The average Bonchev–Trinajstić information content (AvgIpc) is 2.44. The van der Waals surface area contributed by atoms with E-state index >= 15 is 0 Å². The molecule has 3 nitrogen and oxygen atoms in total. The molecule has 0 fully saturated rings. The fourth-order valence-electron chi connectivity index (χ4n) is 1.74. The molecule has 14 heavy (non-hydrogen) atoms. The number of carbonyl (C=O) groups is 1. The molecule has 1 aliphatic heterocycles. The van der Waals surface area contributed by atoms with Crippen LogP contribution in [0.3, 0.4) is 0 Å². The van der Waals surface area contributed by atoms with Crippen molar-refractivity contribution in [3.63, 3.8) is 0 Å². The van der Waals surface area contributed by atoms with Crippen LogP contribution in [0.1, 0.15) is 17.5 Å². The van der Waals surface area contributed by atoms with Crippen molar-refractivity contribution < 1.29 is 9.53 Å². The third kappa shape index (κ3) is 1.71. The topological polar surface area (TPSA) is 52.3 Å². The number of hydrogen-bond acceptors (Lipinski definition) is 2. The van der Waals surface area contributed by atoms with E-state index in [4.69, 9.17) is 10.5 Å². The highest BCUT2D eigenvalue weighted by atomic mass is 16.5. The number of hydrogen-bond donors (Lipinski definition) is 1. The molecule has 0 saturated heterocycles. The first-order valence-electron chi connectivity index (χ1n) is 4.69. The number of primary amides is 1. The van der Waals surface area contributed by atoms with E-state index in [0.29, 0.717) is 6.42 Å². The zero-order valence-electron chi connectivity index (χ0n) is 8.12. The van der Waals surface area contributed by atoms with Crippen molar-refractivity contribution in [2.24, 2.45) is 5.73 Å². The molecule has 0 spiro atoms. The Balaban J connectivity index is 2.14. The van der Waals surface area contributed by atoms with Gasteiger partial charge in [0.05, 0.1) is 6.42 Å². The van der Waals surface area contributed by atoms with Crippen molar-refractivity contribution in [1.29, 1.82) is 0 Å². The zero-order chi connectivity index (χ0) is 10.1. The van der Waals surface area contributed by atoms with Crippen molar-refractivity contribution in [3.05, 3.63) is 29.3 Å². The van der Waals surface area contributed by atoms with Crippen molar-refractivity contribution in [3.8, 4) is 5.75 Å². The standard InChI is InChI=1S/C11H13NO2/c1-7-2-3-8-5-9(6-11(12)13)14-10(8)4-7/h2-4,9H,5-6H2,1H3,(H2,12,13). The highest BCUT2D eigenvalue weighted by molar-refractivity contribution is 5.74. The molecule has 1 atom stereocenters. The van der Waals surface area contributed by atoms with Gasteiger partial charge in [0.25, 0.3) is 0 Å². The first-order valence-corrected chi connectivity index (χ1v) is 4.69. The molecular formula is C11H13NO2. The summed E-state index contributed by atoms with van der Waals surface area (Å²) in [7, 11) is 0. The zero-order valence-corrected chi connectivity index (χ0v) is 8.12. The average molecular weight is 191 g/mol. The maximum absolute atomic E-state index is 10.7. The Kier molecular flexibility index (Phi) is 2.15. The van der Waals surface area contributed by atoms with Crippen LogP contribution in [-0.2, 0) is 11.2 Å². The molecule has 0 aliphatic carbocycles. The summed E-state index contributed by atoms with van der Waals surface area (Å²) in [4.78, 5) is 10.7. The van der Waals surface area contributed by atoms with E-state index in [9.17, 15) is 4.79 Å². The van der Waals surface area contributed by atoms with Crippen molar-refractivity contribution in [2.45, 2.75) is 25.9 Å². The van der Waals surface area contributed by atoms with Gasteiger partial charge in [-0.25, -0.2) is 0 Å². The smallest absolute Gasteiger partial charge is 0.221 e. The van der Waals surface area contributed by atoms with Crippen LogP contribution in [0, 0.1) is 6.92 Å². The van der Waals surface area contributed by atoms with Crippen LogP contribution in [0.2, 0.25) is 0 Å². The Labute approximate surface area is 82.9 Å². The van der Waals surface area contributed by atoms with Gasteiger partial charge in [-0.1, -0.05) is 12.1 Å².